The molecule has 0 spiro atoms. The van der Waals surface area contributed by atoms with Gasteiger partial charge in [0.05, 0.1) is 18.0 Å². The van der Waals surface area contributed by atoms with E-state index in [4.69, 9.17) is 0 Å². The topological polar surface area (TPSA) is 61.4 Å². The molecule has 5 heteroatoms. The van der Waals surface area contributed by atoms with Gasteiger partial charge in [0, 0.05) is 29.8 Å². The molecule has 1 saturated carbocycles. The van der Waals surface area contributed by atoms with Crippen LogP contribution >= 0.6 is 0 Å². The van der Waals surface area contributed by atoms with Crippen LogP contribution in [0.1, 0.15) is 71.2 Å². The molecule has 1 saturated heterocycles. The van der Waals surface area contributed by atoms with E-state index in [0.717, 1.165) is 44.3 Å². The van der Waals surface area contributed by atoms with Crippen LogP contribution in [-0.4, -0.2) is 29.3 Å². The van der Waals surface area contributed by atoms with Crippen molar-refractivity contribution in [3.63, 3.8) is 0 Å². The summed E-state index contributed by atoms with van der Waals surface area (Å²) in [5.74, 6) is 0.239. The Hall–Kier alpha value is -3.60. The number of carbonyl (C=O) groups is 2. The second-order valence-electron chi connectivity index (χ2n) is 10.8. The molecule has 6 rings (SSSR count). The van der Waals surface area contributed by atoms with E-state index in [1.54, 1.807) is 0 Å². The summed E-state index contributed by atoms with van der Waals surface area (Å²) in [6.45, 7) is 2.90. The molecule has 2 amide bonds. The standard InChI is InChI=1S/C32H35N3O2/c1-21-11-10-17-25-28(21)34-29(22-12-4-2-5-13-22)26-19-20-35(30(25)26)32(37)24-16-8-9-18-27(24)33-31(36)23-14-6-3-7-15-23/h2-7,10-15,17,24,26-27,29-30,34H,8-9,16,18-20H2,1H3,(H,33,36)/t24-,26+,27+,29-,30-/m0/s1. The molecule has 2 heterocycles. The number of likely N-dealkylation sites (tertiary alicyclic amines) is 1. The number of fused-ring (bicyclic) bond motifs is 3. The van der Waals surface area contributed by atoms with Gasteiger partial charge in [-0.25, -0.2) is 0 Å². The monoisotopic (exact) mass is 493 g/mol. The highest BCUT2D eigenvalue weighted by Gasteiger charge is 2.48. The smallest absolute Gasteiger partial charge is 0.251 e. The first-order valence-electron chi connectivity index (χ1n) is 13.7. The maximum absolute atomic E-state index is 14.3. The van der Waals surface area contributed by atoms with Crippen LogP contribution in [0.2, 0.25) is 0 Å². The summed E-state index contributed by atoms with van der Waals surface area (Å²) in [4.78, 5) is 29.4. The van der Waals surface area contributed by atoms with Crippen molar-refractivity contribution in [1.82, 2.24) is 10.2 Å². The lowest BCUT2D eigenvalue weighted by Crippen LogP contribution is -2.50. The van der Waals surface area contributed by atoms with Gasteiger partial charge < -0.3 is 15.5 Å². The van der Waals surface area contributed by atoms with E-state index in [1.807, 2.05) is 30.3 Å². The fourth-order valence-electron chi connectivity index (χ4n) is 6.85. The zero-order chi connectivity index (χ0) is 25.4. The molecule has 0 bridgehead atoms. The highest BCUT2D eigenvalue weighted by atomic mass is 16.2. The van der Waals surface area contributed by atoms with Crippen molar-refractivity contribution < 1.29 is 9.59 Å². The van der Waals surface area contributed by atoms with Crippen molar-refractivity contribution in [2.24, 2.45) is 11.8 Å². The summed E-state index contributed by atoms with van der Waals surface area (Å²) in [5.41, 5.74) is 5.51. The minimum atomic E-state index is -0.182. The molecule has 0 aromatic heterocycles. The number of nitrogens with zero attached hydrogens (tertiary/aromatic N) is 1. The molecule has 190 valence electrons. The molecule has 2 aliphatic heterocycles. The van der Waals surface area contributed by atoms with Crippen molar-refractivity contribution >= 4 is 17.5 Å². The third kappa shape index (κ3) is 4.41. The number of benzene rings is 3. The maximum Gasteiger partial charge on any atom is 0.251 e. The molecule has 2 fully saturated rings. The lowest BCUT2D eigenvalue weighted by molar-refractivity contribution is -0.138. The fraction of sp³-hybridized carbons (Fsp3) is 0.375. The Kier molecular flexibility index (Phi) is 6.45. The van der Waals surface area contributed by atoms with Gasteiger partial charge in [0.1, 0.15) is 0 Å². The first-order chi connectivity index (χ1) is 18.1. The van der Waals surface area contributed by atoms with Crippen molar-refractivity contribution in [3.8, 4) is 0 Å². The highest BCUT2D eigenvalue weighted by Crippen LogP contribution is 2.52. The quantitative estimate of drug-likeness (QED) is 0.466. The Bertz CT molecular complexity index is 1280. The Morgan fingerprint density at radius 1 is 0.865 bits per heavy atom. The molecule has 5 nitrogen and oxygen atoms in total. The van der Waals surface area contributed by atoms with Crippen molar-refractivity contribution in [3.05, 3.63) is 101 Å². The van der Waals surface area contributed by atoms with Crippen LogP contribution in [0.4, 0.5) is 5.69 Å². The van der Waals surface area contributed by atoms with E-state index < -0.39 is 0 Å². The minimum absolute atomic E-state index is 0.0428. The van der Waals surface area contributed by atoms with Gasteiger partial charge in [-0.15, -0.1) is 0 Å². The largest absolute Gasteiger partial charge is 0.377 e. The summed E-state index contributed by atoms with van der Waals surface area (Å²) in [7, 11) is 0. The molecular formula is C32H35N3O2. The summed E-state index contributed by atoms with van der Waals surface area (Å²) in [5, 5.41) is 7.08. The van der Waals surface area contributed by atoms with Crippen molar-refractivity contribution in [2.75, 3.05) is 11.9 Å². The number of rotatable bonds is 4. The predicted octanol–water partition coefficient (Wildman–Crippen LogP) is 6.04. The highest BCUT2D eigenvalue weighted by molar-refractivity contribution is 5.95. The normalized spacial score (nSPS) is 26.5. The molecule has 2 N–H and O–H groups in total. The lowest BCUT2D eigenvalue weighted by atomic mass is 9.78. The molecular weight excluding hydrogens is 458 g/mol. The van der Waals surface area contributed by atoms with Crippen LogP contribution in [-0.2, 0) is 4.79 Å². The molecule has 0 unspecified atom stereocenters. The number of carbonyl (C=O) groups excluding carboxylic acids is 2. The van der Waals surface area contributed by atoms with Crippen LogP contribution in [0.25, 0.3) is 0 Å². The first-order valence-corrected chi connectivity index (χ1v) is 13.7. The predicted molar refractivity (Wildman–Crippen MR) is 146 cm³/mol. The van der Waals surface area contributed by atoms with E-state index in [1.165, 1.54) is 16.7 Å². The fourth-order valence-corrected chi connectivity index (χ4v) is 6.85. The summed E-state index contributed by atoms with van der Waals surface area (Å²) < 4.78 is 0. The Morgan fingerprint density at radius 2 is 1.59 bits per heavy atom. The molecule has 1 aliphatic carbocycles. The van der Waals surface area contributed by atoms with E-state index in [2.05, 4.69) is 71.0 Å². The van der Waals surface area contributed by atoms with E-state index in [-0.39, 0.29) is 35.9 Å². The lowest BCUT2D eigenvalue weighted by Gasteiger charge is -2.42. The average molecular weight is 494 g/mol. The van der Waals surface area contributed by atoms with Crippen LogP contribution < -0.4 is 10.6 Å². The number of anilines is 1. The Labute approximate surface area is 219 Å². The molecule has 37 heavy (non-hydrogen) atoms. The molecule has 3 aliphatic rings. The Morgan fingerprint density at radius 3 is 2.38 bits per heavy atom. The minimum Gasteiger partial charge on any atom is -0.377 e. The molecule has 5 atom stereocenters. The average Bonchev–Trinajstić information content (AvgIpc) is 3.39. The number of hydrogen-bond donors (Lipinski definition) is 2. The van der Waals surface area contributed by atoms with Gasteiger partial charge in [-0.3, -0.25) is 9.59 Å². The van der Waals surface area contributed by atoms with Gasteiger partial charge in [-0.1, -0.05) is 79.6 Å². The van der Waals surface area contributed by atoms with Gasteiger partial charge >= 0.3 is 0 Å². The van der Waals surface area contributed by atoms with Gasteiger partial charge in [-0.05, 0) is 55.0 Å². The van der Waals surface area contributed by atoms with E-state index in [0.29, 0.717) is 11.5 Å². The molecule has 3 aromatic rings. The second-order valence-corrected chi connectivity index (χ2v) is 10.8. The van der Waals surface area contributed by atoms with Crippen LogP contribution in [0, 0.1) is 18.8 Å². The third-order valence-electron chi connectivity index (χ3n) is 8.67. The van der Waals surface area contributed by atoms with Crippen molar-refractivity contribution in [1.29, 1.82) is 0 Å². The zero-order valence-corrected chi connectivity index (χ0v) is 21.4. The third-order valence-corrected chi connectivity index (χ3v) is 8.67. The maximum atomic E-state index is 14.3. The number of amides is 2. The van der Waals surface area contributed by atoms with E-state index in [9.17, 15) is 9.59 Å². The summed E-state index contributed by atoms with van der Waals surface area (Å²) in [6.07, 6.45) is 4.70. The second kappa shape index (κ2) is 10.0. The van der Waals surface area contributed by atoms with Crippen LogP contribution in [0.3, 0.4) is 0 Å². The zero-order valence-electron chi connectivity index (χ0n) is 21.4. The number of para-hydroxylation sites is 1. The van der Waals surface area contributed by atoms with Crippen molar-refractivity contribution in [2.45, 2.75) is 57.2 Å². The van der Waals surface area contributed by atoms with E-state index >= 15 is 0 Å². The van der Waals surface area contributed by atoms with Crippen LogP contribution in [0.15, 0.2) is 78.9 Å². The van der Waals surface area contributed by atoms with Gasteiger partial charge in [0.15, 0.2) is 0 Å². The van der Waals surface area contributed by atoms with Crippen LogP contribution in [0.5, 0.6) is 0 Å². The SMILES string of the molecule is Cc1cccc2c1N[C@@H](c1ccccc1)[C@H]1CCN(C(=O)[C@H]3CCCC[C@H]3NC(=O)c3ccccc3)[C@@H]21. The first kappa shape index (κ1) is 23.8. The number of hydrogen-bond acceptors (Lipinski definition) is 3. The number of nitrogens with one attached hydrogen (secondary N) is 2. The summed E-state index contributed by atoms with van der Waals surface area (Å²) >= 11 is 0. The molecule has 3 aromatic carbocycles. The van der Waals surface area contributed by atoms with Gasteiger partial charge in [-0.2, -0.15) is 0 Å². The Balaban J connectivity index is 1.30. The molecule has 0 radical (unpaired) electrons. The van der Waals surface area contributed by atoms with Gasteiger partial charge in [0.2, 0.25) is 5.91 Å². The van der Waals surface area contributed by atoms with Gasteiger partial charge in [0.25, 0.3) is 5.91 Å². The summed E-state index contributed by atoms with van der Waals surface area (Å²) in [6, 6.07) is 26.5. The number of aryl methyl sites for hydroxylation is 1.